The van der Waals surface area contributed by atoms with Gasteiger partial charge in [0.2, 0.25) is 5.89 Å². The predicted octanol–water partition coefficient (Wildman–Crippen LogP) is 7.31. The molecular weight excluding hydrogens is 470 g/mol. The Bertz CT molecular complexity index is 1350. The molecule has 4 aromatic rings. The number of aromatic nitrogens is 1. The van der Waals surface area contributed by atoms with E-state index in [-0.39, 0.29) is 11.0 Å². The van der Waals surface area contributed by atoms with Crippen LogP contribution in [0.5, 0.6) is 5.75 Å². The maximum atomic E-state index is 12.6. The van der Waals surface area contributed by atoms with Crippen molar-refractivity contribution < 1.29 is 13.9 Å². The second kappa shape index (κ2) is 11.8. The fraction of sp³-hybridized carbons (Fsp3) is 0.276. The van der Waals surface area contributed by atoms with Crippen molar-refractivity contribution in [1.82, 2.24) is 10.3 Å². The summed E-state index contributed by atoms with van der Waals surface area (Å²) in [7, 11) is 0. The molecule has 3 aromatic carbocycles. The van der Waals surface area contributed by atoms with Gasteiger partial charge in [0.15, 0.2) is 10.7 Å². The number of hydrogen-bond donors (Lipinski definition) is 2. The van der Waals surface area contributed by atoms with Crippen molar-refractivity contribution in [2.45, 2.75) is 46.0 Å². The van der Waals surface area contributed by atoms with Gasteiger partial charge in [-0.15, -0.1) is 0 Å². The molecule has 0 fully saturated rings. The van der Waals surface area contributed by atoms with Gasteiger partial charge in [-0.25, -0.2) is 4.98 Å². The summed E-state index contributed by atoms with van der Waals surface area (Å²) >= 11 is 5.36. The Morgan fingerprint density at radius 2 is 1.89 bits per heavy atom. The Kier molecular flexibility index (Phi) is 8.33. The molecule has 0 bridgehead atoms. The summed E-state index contributed by atoms with van der Waals surface area (Å²) in [5.74, 6) is 1.45. The first-order valence-corrected chi connectivity index (χ1v) is 12.7. The molecular formula is C29H31N3O3S. The van der Waals surface area contributed by atoms with Crippen LogP contribution in [0.15, 0.2) is 71.1 Å². The molecule has 0 aliphatic heterocycles. The third kappa shape index (κ3) is 6.29. The van der Waals surface area contributed by atoms with Crippen LogP contribution in [0, 0.1) is 0 Å². The third-order valence-corrected chi connectivity index (χ3v) is 6.27. The van der Waals surface area contributed by atoms with Crippen LogP contribution in [0.1, 0.15) is 61.9 Å². The Labute approximate surface area is 217 Å². The zero-order chi connectivity index (χ0) is 25.5. The normalized spacial score (nSPS) is 11.8. The first-order chi connectivity index (χ1) is 17.5. The molecule has 1 atom stereocenters. The maximum absolute atomic E-state index is 12.6. The van der Waals surface area contributed by atoms with Gasteiger partial charge in [0.25, 0.3) is 5.91 Å². The van der Waals surface area contributed by atoms with E-state index in [1.54, 1.807) is 24.3 Å². The minimum atomic E-state index is -0.292. The van der Waals surface area contributed by atoms with Gasteiger partial charge in [-0.1, -0.05) is 39.3 Å². The van der Waals surface area contributed by atoms with E-state index in [2.05, 4.69) is 43.5 Å². The van der Waals surface area contributed by atoms with Gasteiger partial charge in [-0.2, -0.15) is 0 Å². The lowest BCUT2D eigenvalue weighted by Gasteiger charge is -2.11. The lowest BCUT2D eigenvalue weighted by atomic mass is 9.98. The zero-order valence-corrected chi connectivity index (χ0v) is 21.7. The minimum Gasteiger partial charge on any atom is -0.494 e. The number of oxazole rings is 1. The summed E-state index contributed by atoms with van der Waals surface area (Å²) in [6.07, 6.45) is 3.13. The SMILES string of the molecule is CCCCOc1ccc(C(=O)NC(=S)Nc2cccc(-c3nc4cc([C@H](C)CC)ccc4o3)c2)cc1. The Balaban J connectivity index is 1.40. The molecule has 4 rings (SSSR count). The van der Waals surface area contributed by atoms with Crippen molar-refractivity contribution >= 4 is 40.0 Å². The summed E-state index contributed by atoms with van der Waals surface area (Å²) in [6.45, 7) is 7.16. The molecule has 1 aromatic heterocycles. The highest BCUT2D eigenvalue weighted by atomic mass is 32.1. The van der Waals surface area contributed by atoms with Crippen LogP contribution >= 0.6 is 12.2 Å². The fourth-order valence-corrected chi connectivity index (χ4v) is 3.93. The molecule has 2 N–H and O–H groups in total. The highest BCUT2D eigenvalue weighted by Gasteiger charge is 2.13. The number of nitrogens with zero attached hydrogens (tertiary/aromatic N) is 1. The van der Waals surface area contributed by atoms with Crippen LogP contribution < -0.4 is 15.4 Å². The lowest BCUT2D eigenvalue weighted by molar-refractivity contribution is 0.0977. The average molecular weight is 502 g/mol. The Hall–Kier alpha value is -3.71. The highest BCUT2D eigenvalue weighted by molar-refractivity contribution is 7.80. The van der Waals surface area contributed by atoms with Crippen LogP contribution in [-0.2, 0) is 0 Å². The first-order valence-electron chi connectivity index (χ1n) is 12.3. The zero-order valence-electron chi connectivity index (χ0n) is 20.8. The van der Waals surface area contributed by atoms with E-state index >= 15 is 0 Å². The number of rotatable bonds is 9. The fourth-order valence-electron chi connectivity index (χ4n) is 3.71. The highest BCUT2D eigenvalue weighted by Crippen LogP contribution is 2.29. The Morgan fingerprint density at radius 3 is 2.64 bits per heavy atom. The molecule has 7 heteroatoms. The van der Waals surface area contributed by atoms with E-state index < -0.39 is 0 Å². The number of thiocarbonyl (C=S) groups is 1. The number of unbranched alkanes of at least 4 members (excludes halogenated alkanes) is 1. The van der Waals surface area contributed by atoms with Crippen LogP contribution in [-0.4, -0.2) is 22.6 Å². The molecule has 36 heavy (non-hydrogen) atoms. The van der Waals surface area contributed by atoms with Gasteiger partial charge in [-0.3, -0.25) is 10.1 Å². The molecule has 1 heterocycles. The lowest BCUT2D eigenvalue weighted by Crippen LogP contribution is -2.34. The van der Waals surface area contributed by atoms with E-state index in [1.807, 2.05) is 30.3 Å². The molecule has 1 amide bonds. The minimum absolute atomic E-state index is 0.205. The van der Waals surface area contributed by atoms with Crippen molar-refractivity contribution in [2.24, 2.45) is 0 Å². The predicted molar refractivity (Wildman–Crippen MR) is 149 cm³/mol. The third-order valence-electron chi connectivity index (χ3n) is 6.07. The molecule has 0 radical (unpaired) electrons. The largest absolute Gasteiger partial charge is 0.494 e. The van der Waals surface area contributed by atoms with Gasteiger partial charge >= 0.3 is 0 Å². The summed E-state index contributed by atoms with van der Waals surface area (Å²) in [4.78, 5) is 17.3. The molecule has 186 valence electrons. The van der Waals surface area contributed by atoms with E-state index in [9.17, 15) is 4.79 Å². The van der Waals surface area contributed by atoms with Crippen LogP contribution in [0.3, 0.4) is 0 Å². The van der Waals surface area contributed by atoms with Crippen molar-refractivity contribution in [3.63, 3.8) is 0 Å². The second-order valence-electron chi connectivity index (χ2n) is 8.77. The van der Waals surface area contributed by atoms with E-state index in [1.165, 1.54) is 5.56 Å². The summed E-state index contributed by atoms with van der Waals surface area (Å²) in [5.41, 5.74) is 4.87. The van der Waals surface area contributed by atoms with Crippen molar-refractivity contribution in [3.8, 4) is 17.2 Å². The van der Waals surface area contributed by atoms with Crippen LogP contribution in [0.2, 0.25) is 0 Å². The number of benzene rings is 3. The molecule has 0 aliphatic rings. The van der Waals surface area contributed by atoms with Crippen molar-refractivity contribution in [2.75, 3.05) is 11.9 Å². The first kappa shape index (κ1) is 25.4. The number of carbonyl (C=O) groups is 1. The molecule has 0 aliphatic carbocycles. The van der Waals surface area contributed by atoms with Crippen LogP contribution in [0.25, 0.3) is 22.6 Å². The monoisotopic (exact) mass is 501 g/mol. The summed E-state index contributed by atoms with van der Waals surface area (Å²) < 4.78 is 11.6. The van der Waals surface area contributed by atoms with Gasteiger partial charge in [0.05, 0.1) is 6.61 Å². The summed E-state index contributed by atoms with van der Waals surface area (Å²) in [5, 5.41) is 6.00. The van der Waals surface area contributed by atoms with E-state index in [0.29, 0.717) is 24.0 Å². The number of nitrogens with one attached hydrogen (secondary N) is 2. The number of anilines is 1. The van der Waals surface area contributed by atoms with Crippen molar-refractivity contribution in [1.29, 1.82) is 0 Å². The van der Waals surface area contributed by atoms with Gasteiger partial charge in [0, 0.05) is 16.8 Å². The van der Waals surface area contributed by atoms with Gasteiger partial charge in [0.1, 0.15) is 11.3 Å². The molecule has 6 nitrogen and oxygen atoms in total. The number of hydrogen-bond acceptors (Lipinski definition) is 5. The molecule has 0 unspecified atom stereocenters. The Morgan fingerprint density at radius 1 is 1.08 bits per heavy atom. The molecule has 0 spiro atoms. The smallest absolute Gasteiger partial charge is 0.257 e. The standard InChI is InChI=1S/C29H31N3O3S/c1-4-6-16-34-24-13-10-20(11-14-24)27(33)32-29(36)30-23-9-7-8-22(17-23)28-31-25-18-21(19(3)5-2)12-15-26(25)35-28/h7-15,17-19H,4-6,16H2,1-3H3,(H2,30,32,33,36)/t19-/m1/s1. The molecule has 0 saturated heterocycles. The van der Waals surface area contributed by atoms with E-state index in [4.69, 9.17) is 26.4 Å². The van der Waals surface area contributed by atoms with Crippen molar-refractivity contribution in [3.05, 3.63) is 77.9 Å². The quantitative estimate of drug-likeness (QED) is 0.185. The number of ether oxygens (including phenoxy) is 1. The number of fused-ring (bicyclic) bond motifs is 1. The number of carbonyl (C=O) groups excluding carboxylic acids is 1. The number of amides is 1. The van der Waals surface area contributed by atoms with Gasteiger partial charge < -0.3 is 14.5 Å². The van der Waals surface area contributed by atoms with E-state index in [0.717, 1.165) is 47.4 Å². The second-order valence-corrected chi connectivity index (χ2v) is 9.18. The van der Waals surface area contributed by atoms with Crippen LogP contribution in [0.4, 0.5) is 5.69 Å². The average Bonchev–Trinajstić information content (AvgIpc) is 3.32. The topological polar surface area (TPSA) is 76.4 Å². The summed E-state index contributed by atoms with van der Waals surface area (Å²) in [6, 6.07) is 20.8. The maximum Gasteiger partial charge on any atom is 0.257 e. The van der Waals surface area contributed by atoms with Gasteiger partial charge in [-0.05, 0) is 91.1 Å². The molecule has 0 saturated carbocycles.